The van der Waals surface area contributed by atoms with E-state index in [-0.39, 0.29) is 29.1 Å². The van der Waals surface area contributed by atoms with Gasteiger partial charge in [-0.3, -0.25) is 24.1 Å². The fourth-order valence-electron chi connectivity index (χ4n) is 6.76. The number of piperidine rings is 1. The number of rotatable bonds is 10. The Morgan fingerprint density at radius 3 is 1.87 bits per heavy atom. The van der Waals surface area contributed by atoms with E-state index >= 15 is 0 Å². The molecule has 3 aliphatic rings. The van der Waals surface area contributed by atoms with Crippen molar-refractivity contribution in [3.8, 4) is 0 Å². The Labute approximate surface area is 231 Å². The third-order valence-corrected chi connectivity index (χ3v) is 9.67. The number of carbonyl (C=O) groups excluding carboxylic acids is 4. The lowest BCUT2D eigenvalue weighted by molar-refractivity contribution is -0.141. The third-order valence-electron chi connectivity index (χ3n) is 9.67. The van der Waals surface area contributed by atoms with Crippen molar-refractivity contribution in [2.24, 2.45) is 34.5 Å². The highest BCUT2D eigenvalue weighted by molar-refractivity contribution is 6.03. The number of hydrogen-bond acceptors (Lipinski definition) is 4. The SMILES string of the molecule is CC(C)(C)C1CCN(C(=O)CCCCCCC(=O)C2CCC(CN3C(=O)CC(C(C)(C)C)C3=O)CC2)CC1. The quantitative estimate of drug-likeness (QED) is 0.242. The predicted molar refractivity (Wildman–Crippen MR) is 151 cm³/mol. The van der Waals surface area contributed by atoms with Crippen molar-refractivity contribution in [2.75, 3.05) is 19.6 Å². The Balaban J connectivity index is 1.25. The van der Waals surface area contributed by atoms with E-state index in [0.717, 1.165) is 77.3 Å². The lowest BCUT2D eigenvalue weighted by atomic mass is 9.75. The van der Waals surface area contributed by atoms with E-state index in [1.54, 1.807) is 0 Å². The smallest absolute Gasteiger partial charge is 0.233 e. The summed E-state index contributed by atoms with van der Waals surface area (Å²) in [6.45, 7) is 15.3. The molecule has 0 bridgehead atoms. The van der Waals surface area contributed by atoms with Crippen molar-refractivity contribution in [2.45, 2.75) is 125 Å². The third kappa shape index (κ3) is 8.39. The highest BCUT2D eigenvalue weighted by Crippen LogP contribution is 2.38. The van der Waals surface area contributed by atoms with Crippen LogP contribution in [0.4, 0.5) is 0 Å². The number of hydrogen-bond donors (Lipinski definition) is 0. The number of ketones is 1. The summed E-state index contributed by atoms with van der Waals surface area (Å²) in [6.07, 6.45) is 11.3. The van der Waals surface area contributed by atoms with Crippen LogP contribution in [0.2, 0.25) is 0 Å². The van der Waals surface area contributed by atoms with E-state index in [1.165, 1.54) is 4.90 Å². The van der Waals surface area contributed by atoms with Gasteiger partial charge in [0.1, 0.15) is 5.78 Å². The summed E-state index contributed by atoms with van der Waals surface area (Å²) < 4.78 is 0. The second kappa shape index (κ2) is 13.1. The van der Waals surface area contributed by atoms with Crippen LogP contribution in [-0.2, 0) is 19.2 Å². The molecule has 6 heteroatoms. The van der Waals surface area contributed by atoms with Gasteiger partial charge in [0.05, 0.1) is 5.92 Å². The topological polar surface area (TPSA) is 74.8 Å². The van der Waals surface area contributed by atoms with Crippen LogP contribution >= 0.6 is 0 Å². The Morgan fingerprint density at radius 2 is 1.34 bits per heavy atom. The van der Waals surface area contributed by atoms with Crippen molar-refractivity contribution in [1.82, 2.24) is 9.80 Å². The molecule has 0 spiro atoms. The van der Waals surface area contributed by atoms with Gasteiger partial charge in [-0.05, 0) is 74.0 Å². The first-order valence-electron chi connectivity index (χ1n) is 15.4. The molecule has 6 nitrogen and oxygen atoms in total. The Hall–Kier alpha value is -1.72. The van der Waals surface area contributed by atoms with Crippen molar-refractivity contribution >= 4 is 23.5 Å². The van der Waals surface area contributed by atoms with Gasteiger partial charge in [0.2, 0.25) is 17.7 Å². The molecule has 3 rings (SSSR count). The molecule has 0 N–H and O–H groups in total. The lowest BCUT2D eigenvalue weighted by Gasteiger charge is -2.38. The molecule has 1 unspecified atom stereocenters. The standard InChI is InChI=1S/C32H54N2O4/c1-31(2,3)25-17-19-33(20-18-25)28(36)12-10-8-7-9-11-27(35)24-15-13-23(14-16-24)22-34-29(37)21-26(30(34)38)32(4,5)6/h23-26H,7-22H2,1-6H3. The van der Waals surface area contributed by atoms with Crippen LogP contribution in [0.1, 0.15) is 125 Å². The van der Waals surface area contributed by atoms with Crippen LogP contribution in [0, 0.1) is 34.5 Å². The zero-order chi connectivity index (χ0) is 28.1. The zero-order valence-electron chi connectivity index (χ0n) is 25.2. The summed E-state index contributed by atoms with van der Waals surface area (Å²) in [5, 5.41) is 0. The van der Waals surface area contributed by atoms with Crippen molar-refractivity contribution in [3.63, 3.8) is 0 Å². The minimum atomic E-state index is -0.211. The maximum absolute atomic E-state index is 12.8. The summed E-state index contributed by atoms with van der Waals surface area (Å²) in [6, 6.07) is 0. The summed E-state index contributed by atoms with van der Waals surface area (Å²) in [4.78, 5) is 54.2. The molecule has 3 amide bonds. The summed E-state index contributed by atoms with van der Waals surface area (Å²) >= 11 is 0. The number of amides is 3. The molecule has 3 fully saturated rings. The van der Waals surface area contributed by atoms with E-state index in [0.29, 0.717) is 54.7 Å². The normalized spacial score (nSPS) is 25.8. The van der Waals surface area contributed by atoms with Crippen molar-refractivity contribution in [3.05, 3.63) is 0 Å². The summed E-state index contributed by atoms with van der Waals surface area (Å²) in [7, 11) is 0. The van der Waals surface area contributed by atoms with E-state index < -0.39 is 0 Å². The molecule has 1 saturated carbocycles. The predicted octanol–water partition coefficient (Wildman–Crippen LogP) is 6.41. The molecule has 0 aromatic rings. The number of unbranched alkanes of at least 4 members (excludes halogenated alkanes) is 3. The molecule has 38 heavy (non-hydrogen) atoms. The lowest BCUT2D eigenvalue weighted by Crippen LogP contribution is -2.41. The molecule has 0 radical (unpaired) electrons. The molecular weight excluding hydrogens is 476 g/mol. The summed E-state index contributed by atoms with van der Waals surface area (Å²) in [5.41, 5.74) is 0.140. The average molecular weight is 531 g/mol. The number of nitrogens with zero attached hydrogens (tertiary/aromatic N) is 2. The van der Waals surface area contributed by atoms with Gasteiger partial charge < -0.3 is 4.90 Å². The first-order chi connectivity index (χ1) is 17.8. The maximum atomic E-state index is 12.8. The second-order valence-electron chi connectivity index (χ2n) is 14.6. The van der Waals surface area contributed by atoms with Crippen LogP contribution in [0.3, 0.4) is 0 Å². The number of imide groups is 1. The van der Waals surface area contributed by atoms with Gasteiger partial charge in [0.15, 0.2) is 0 Å². The van der Waals surface area contributed by atoms with Gasteiger partial charge in [-0.1, -0.05) is 54.4 Å². The molecule has 0 aromatic heterocycles. The molecule has 1 atom stereocenters. The molecule has 2 heterocycles. The van der Waals surface area contributed by atoms with Gasteiger partial charge in [-0.15, -0.1) is 0 Å². The van der Waals surface area contributed by atoms with E-state index in [9.17, 15) is 19.2 Å². The monoisotopic (exact) mass is 530 g/mol. The van der Waals surface area contributed by atoms with Gasteiger partial charge >= 0.3 is 0 Å². The first kappa shape index (κ1) is 30.8. The average Bonchev–Trinajstić information content (AvgIpc) is 3.14. The number of Topliss-reactive ketones (excluding diaryl/α,β-unsaturated/α-hetero) is 1. The van der Waals surface area contributed by atoms with Crippen LogP contribution in [0.5, 0.6) is 0 Å². The minimum absolute atomic E-state index is 0.00694. The fraction of sp³-hybridized carbons (Fsp3) is 0.875. The van der Waals surface area contributed by atoms with Crippen LogP contribution in [0.25, 0.3) is 0 Å². The van der Waals surface area contributed by atoms with Crippen molar-refractivity contribution < 1.29 is 19.2 Å². The van der Waals surface area contributed by atoms with Gasteiger partial charge in [-0.25, -0.2) is 0 Å². The van der Waals surface area contributed by atoms with Crippen LogP contribution in [0.15, 0.2) is 0 Å². The number of likely N-dealkylation sites (tertiary alicyclic amines) is 2. The highest BCUT2D eigenvalue weighted by Gasteiger charge is 2.45. The van der Waals surface area contributed by atoms with Crippen LogP contribution < -0.4 is 0 Å². The van der Waals surface area contributed by atoms with E-state index in [2.05, 4.69) is 25.7 Å². The van der Waals surface area contributed by atoms with Gasteiger partial charge in [-0.2, -0.15) is 0 Å². The van der Waals surface area contributed by atoms with E-state index in [4.69, 9.17) is 0 Å². The minimum Gasteiger partial charge on any atom is -0.343 e. The van der Waals surface area contributed by atoms with E-state index in [1.807, 2.05) is 20.8 Å². The second-order valence-corrected chi connectivity index (χ2v) is 14.6. The Kier molecular flexibility index (Phi) is 10.6. The first-order valence-corrected chi connectivity index (χ1v) is 15.4. The Bertz CT molecular complexity index is 837. The van der Waals surface area contributed by atoms with Gasteiger partial charge in [0, 0.05) is 44.8 Å². The highest BCUT2D eigenvalue weighted by atomic mass is 16.2. The largest absolute Gasteiger partial charge is 0.343 e. The molecule has 0 aromatic carbocycles. The fourth-order valence-corrected chi connectivity index (χ4v) is 6.76. The van der Waals surface area contributed by atoms with Crippen LogP contribution in [-0.4, -0.2) is 52.9 Å². The molecule has 1 aliphatic carbocycles. The summed E-state index contributed by atoms with van der Waals surface area (Å²) in [5.74, 6) is 1.60. The zero-order valence-corrected chi connectivity index (χ0v) is 25.2. The maximum Gasteiger partial charge on any atom is 0.233 e. The Morgan fingerprint density at radius 1 is 0.763 bits per heavy atom. The molecule has 216 valence electrons. The van der Waals surface area contributed by atoms with Gasteiger partial charge in [0.25, 0.3) is 0 Å². The van der Waals surface area contributed by atoms with Crippen molar-refractivity contribution in [1.29, 1.82) is 0 Å². The molecular formula is C32H54N2O4. The number of carbonyl (C=O) groups is 4. The molecule has 2 aliphatic heterocycles. The molecule has 2 saturated heterocycles.